The van der Waals surface area contributed by atoms with Crippen LogP contribution in [0.4, 0.5) is 0 Å². The van der Waals surface area contributed by atoms with Gasteiger partial charge in [-0.2, -0.15) is 0 Å². The molecule has 1 aromatic rings. The Hall–Kier alpha value is -1.55. The lowest BCUT2D eigenvalue weighted by atomic mass is 10.0. The highest BCUT2D eigenvalue weighted by Gasteiger charge is 2.24. The Bertz CT molecular complexity index is 658. The van der Waals surface area contributed by atoms with Gasteiger partial charge in [-0.25, -0.2) is 0 Å². The fourth-order valence-corrected chi connectivity index (χ4v) is 4.17. The summed E-state index contributed by atoms with van der Waals surface area (Å²) in [4.78, 5) is 15.3. The van der Waals surface area contributed by atoms with Gasteiger partial charge in [0.15, 0.2) is 6.54 Å². The molecule has 4 nitrogen and oxygen atoms in total. The summed E-state index contributed by atoms with van der Waals surface area (Å²) >= 11 is 0. The summed E-state index contributed by atoms with van der Waals surface area (Å²) in [6.07, 6.45) is 10.6. The third kappa shape index (κ3) is 12.5. The minimum Gasteiger partial charge on any atom is -0.493 e. The fraction of sp³-hybridized carbons (Fsp3) is 0.759. The zero-order valence-electron chi connectivity index (χ0n) is 22.9. The number of quaternary nitrogens is 1. The quantitative estimate of drug-likeness (QED) is 0.175. The molecule has 1 aromatic carbocycles. The first-order valence-electron chi connectivity index (χ1n) is 13.5. The molecule has 0 atom stereocenters. The molecule has 0 aliphatic heterocycles. The smallest absolute Gasteiger partial charge is 0.277 e. The van der Waals surface area contributed by atoms with Crippen LogP contribution >= 0.6 is 0 Å². The van der Waals surface area contributed by atoms with Crippen molar-refractivity contribution in [2.45, 2.75) is 98.3 Å². The Morgan fingerprint density at radius 2 is 1.55 bits per heavy atom. The van der Waals surface area contributed by atoms with Crippen molar-refractivity contribution in [3.05, 3.63) is 29.3 Å². The lowest BCUT2D eigenvalue weighted by Crippen LogP contribution is -2.49. The summed E-state index contributed by atoms with van der Waals surface area (Å²) in [6.45, 7) is 15.0. The Morgan fingerprint density at radius 1 is 0.939 bits per heavy atom. The Labute approximate surface area is 205 Å². The minimum absolute atomic E-state index is 0.314. The number of hydrogen-bond donors (Lipinski definition) is 0. The van der Waals surface area contributed by atoms with Gasteiger partial charge in [-0.05, 0) is 42.9 Å². The number of amides is 1. The largest absolute Gasteiger partial charge is 0.493 e. The van der Waals surface area contributed by atoms with E-state index in [4.69, 9.17) is 4.74 Å². The fourth-order valence-electron chi connectivity index (χ4n) is 4.17. The van der Waals surface area contributed by atoms with E-state index < -0.39 is 0 Å². The Morgan fingerprint density at radius 3 is 2.09 bits per heavy atom. The average Bonchev–Trinajstić information content (AvgIpc) is 2.76. The molecule has 0 heterocycles. The number of benzene rings is 1. The number of carbonyl (C=O) groups is 1. The molecule has 190 valence electrons. The van der Waals surface area contributed by atoms with Crippen LogP contribution < -0.4 is 4.74 Å². The molecule has 0 fully saturated rings. The van der Waals surface area contributed by atoms with E-state index in [2.05, 4.69) is 71.8 Å². The SMILES string of the molecule is CCCCCCN(CCCCCC)C(=O)C[N+](C)(C)CCCOc1cc(C(C)C)ccc1C. The maximum atomic E-state index is 13.2. The van der Waals surface area contributed by atoms with Crippen molar-refractivity contribution in [3.63, 3.8) is 0 Å². The molecule has 33 heavy (non-hydrogen) atoms. The summed E-state index contributed by atoms with van der Waals surface area (Å²) in [5.74, 6) is 1.81. The van der Waals surface area contributed by atoms with Gasteiger partial charge in [-0.1, -0.05) is 78.4 Å². The van der Waals surface area contributed by atoms with Gasteiger partial charge in [0.05, 0.1) is 27.2 Å². The number of nitrogens with zero attached hydrogens (tertiary/aromatic N) is 2. The van der Waals surface area contributed by atoms with Crippen molar-refractivity contribution in [1.82, 2.24) is 4.90 Å². The van der Waals surface area contributed by atoms with Gasteiger partial charge >= 0.3 is 0 Å². The van der Waals surface area contributed by atoms with E-state index in [-0.39, 0.29) is 0 Å². The molecule has 1 amide bonds. The van der Waals surface area contributed by atoms with Gasteiger partial charge in [-0.3, -0.25) is 4.79 Å². The third-order valence-electron chi connectivity index (χ3n) is 6.52. The number of ether oxygens (including phenoxy) is 1. The van der Waals surface area contributed by atoms with Crippen LogP contribution in [-0.4, -0.2) is 62.2 Å². The molecule has 0 saturated carbocycles. The Kier molecular flexibility index (Phi) is 14.4. The summed E-state index contributed by atoms with van der Waals surface area (Å²) in [6, 6.07) is 6.52. The lowest BCUT2D eigenvalue weighted by Gasteiger charge is -2.32. The predicted molar refractivity (Wildman–Crippen MR) is 142 cm³/mol. The van der Waals surface area contributed by atoms with Crippen molar-refractivity contribution in [2.24, 2.45) is 0 Å². The van der Waals surface area contributed by atoms with Crippen LogP contribution in [-0.2, 0) is 4.79 Å². The molecule has 0 radical (unpaired) electrons. The number of aryl methyl sites for hydroxylation is 1. The summed E-state index contributed by atoms with van der Waals surface area (Å²) < 4.78 is 6.84. The van der Waals surface area contributed by atoms with Gasteiger partial charge in [0.2, 0.25) is 0 Å². The predicted octanol–water partition coefficient (Wildman–Crippen LogP) is 6.95. The highest BCUT2D eigenvalue weighted by atomic mass is 16.5. The molecule has 0 unspecified atom stereocenters. The van der Waals surface area contributed by atoms with Gasteiger partial charge < -0.3 is 14.1 Å². The van der Waals surface area contributed by atoms with E-state index in [1.807, 2.05) is 0 Å². The van der Waals surface area contributed by atoms with Gasteiger partial charge in [-0.15, -0.1) is 0 Å². The summed E-state index contributed by atoms with van der Waals surface area (Å²) in [5.41, 5.74) is 2.50. The first-order chi connectivity index (χ1) is 15.7. The molecule has 4 heteroatoms. The molecule has 0 bridgehead atoms. The number of hydrogen-bond acceptors (Lipinski definition) is 2. The standard InChI is InChI=1S/C29H53N2O2/c1-8-10-12-14-19-30(20-15-13-11-9-2)29(32)24-31(6,7)21-16-22-33-28-23-27(25(3)4)18-17-26(28)5/h17-18,23,25H,8-16,19-22,24H2,1-7H3/q+1. The molecule has 0 aliphatic rings. The minimum atomic E-state index is 0.314. The normalized spacial score (nSPS) is 11.8. The monoisotopic (exact) mass is 461 g/mol. The Balaban J connectivity index is 2.53. The van der Waals surface area contributed by atoms with Crippen LogP contribution in [0.3, 0.4) is 0 Å². The highest BCUT2D eigenvalue weighted by Crippen LogP contribution is 2.24. The average molecular weight is 462 g/mol. The second-order valence-electron chi connectivity index (χ2n) is 10.7. The molecule has 0 spiro atoms. The van der Waals surface area contributed by atoms with Crippen LogP contribution in [0.1, 0.15) is 103 Å². The number of rotatable bonds is 18. The van der Waals surface area contributed by atoms with E-state index in [0.29, 0.717) is 29.5 Å². The molecule has 0 N–H and O–H groups in total. The van der Waals surface area contributed by atoms with Crippen LogP contribution in [0.15, 0.2) is 18.2 Å². The zero-order chi connectivity index (χ0) is 24.7. The van der Waals surface area contributed by atoms with Crippen LogP contribution in [0, 0.1) is 6.92 Å². The molecule has 1 rings (SSSR count). The van der Waals surface area contributed by atoms with E-state index >= 15 is 0 Å². The number of carbonyl (C=O) groups excluding carboxylic acids is 1. The van der Waals surface area contributed by atoms with Crippen LogP contribution in [0.2, 0.25) is 0 Å². The maximum Gasteiger partial charge on any atom is 0.277 e. The van der Waals surface area contributed by atoms with Gasteiger partial charge in [0.25, 0.3) is 5.91 Å². The van der Waals surface area contributed by atoms with E-state index in [9.17, 15) is 4.79 Å². The third-order valence-corrected chi connectivity index (χ3v) is 6.52. The van der Waals surface area contributed by atoms with Crippen LogP contribution in [0.5, 0.6) is 5.75 Å². The van der Waals surface area contributed by atoms with E-state index in [1.165, 1.54) is 49.7 Å². The molecular weight excluding hydrogens is 408 g/mol. The van der Waals surface area contributed by atoms with Crippen molar-refractivity contribution in [2.75, 3.05) is 46.9 Å². The second kappa shape index (κ2) is 16.1. The maximum absolute atomic E-state index is 13.2. The highest BCUT2D eigenvalue weighted by molar-refractivity contribution is 5.77. The molecule has 0 aliphatic carbocycles. The van der Waals surface area contributed by atoms with Gasteiger partial charge in [0.1, 0.15) is 5.75 Å². The summed E-state index contributed by atoms with van der Waals surface area (Å²) in [5, 5.41) is 0. The first kappa shape index (κ1) is 29.5. The second-order valence-corrected chi connectivity index (χ2v) is 10.7. The van der Waals surface area contributed by atoms with Crippen LogP contribution in [0.25, 0.3) is 0 Å². The van der Waals surface area contributed by atoms with Crippen molar-refractivity contribution in [1.29, 1.82) is 0 Å². The van der Waals surface area contributed by atoms with E-state index in [0.717, 1.165) is 44.6 Å². The van der Waals surface area contributed by atoms with Crippen molar-refractivity contribution >= 4 is 5.91 Å². The van der Waals surface area contributed by atoms with Gasteiger partial charge in [0, 0.05) is 19.5 Å². The lowest BCUT2D eigenvalue weighted by molar-refractivity contribution is -0.882. The number of likely N-dealkylation sites (N-methyl/N-ethyl adjacent to an activating group) is 1. The zero-order valence-corrected chi connectivity index (χ0v) is 22.9. The molecule has 0 aromatic heterocycles. The van der Waals surface area contributed by atoms with Crippen molar-refractivity contribution in [3.8, 4) is 5.75 Å². The van der Waals surface area contributed by atoms with E-state index in [1.54, 1.807) is 0 Å². The molecular formula is C29H53N2O2+. The summed E-state index contributed by atoms with van der Waals surface area (Å²) in [7, 11) is 4.35. The molecule has 0 saturated heterocycles. The number of unbranched alkanes of at least 4 members (excludes halogenated alkanes) is 6. The first-order valence-corrected chi connectivity index (χ1v) is 13.5. The van der Waals surface area contributed by atoms with Crippen molar-refractivity contribution < 1.29 is 14.0 Å². The topological polar surface area (TPSA) is 29.5 Å².